The molecule has 12 nitrogen and oxygen atoms in total. The number of hydrogen-bond acceptors (Lipinski definition) is 12. The molecule has 0 radical (unpaired) electrons. The van der Waals surface area contributed by atoms with E-state index in [0.717, 1.165) is 44.8 Å². The Bertz CT molecular complexity index is 5010. The average Bonchev–Trinajstić information content (AvgIpc) is 0.832. The van der Waals surface area contributed by atoms with Crippen molar-refractivity contribution in [3.05, 3.63) is 115 Å². The van der Waals surface area contributed by atoms with Gasteiger partial charge in [-0.05, 0) is 277 Å². The fraction of sp³-hybridized carbons (Fsp3) is 0.638. The summed E-state index contributed by atoms with van der Waals surface area (Å²) >= 11 is 0. The number of anilines is 2. The van der Waals surface area contributed by atoms with Crippen molar-refractivity contribution in [2.45, 2.75) is 389 Å². The molecule has 0 saturated heterocycles. The summed E-state index contributed by atoms with van der Waals surface area (Å²) in [6, 6.07) is 16.6. The lowest BCUT2D eigenvalue weighted by Crippen LogP contribution is -2.42. The van der Waals surface area contributed by atoms with Gasteiger partial charge in [-0.3, -0.25) is 0 Å². The first kappa shape index (κ1) is 128. The van der Waals surface area contributed by atoms with Gasteiger partial charge in [0.1, 0.15) is 0 Å². The summed E-state index contributed by atoms with van der Waals surface area (Å²) in [6.07, 6.45) is 0. The summed E-state index contributed by atoms with van der Waals surface area (Å²) in [4.78, 5) is 4.17. The van der Waals surface area contributed by atoms with Gasteiger partial charge in [0.25, 0.3) is 0 Å². The van der Waals surface area contributed by atoms with Crippen LogP contribution >= 0.6 is 0 Å². The lowest BCUT2D eigenvalue weighted by Gasteiger charge is -2.37. The van der Waals surface area contributed by atoms with E-state index >= 15 is 0 Å². The van der Waals surface area contributed by atoms with Crippen molar-refractivity contribution in [2.75, 3.05) is 104 Å². The van der Waals surface area contributed by atoms with Crippen LogP contribution in [0.4, 0.5) is 11.4 Å². The molecule has 0 heterocycles. The van der Waals surface area contributed by atoms with Crippen LogP contribution in [0.1, 0.15) is 219 Å². The first-order chi connectivity index (χ1) is 61.9. The third-order valence-corrected chi connectivity index (χ3v) is 75.9. The molecule has 0 fully saturated rings. The molecule has 0 amide bonds. The van der Waals surface area contributed by atoms with Gasteiger partial charge in [-0.2, -0.15) is 0 Å². The van der Waals surface area contributed by atoms with Crippen molar-refractivity contribution < 1.29 is 44.3 Å². The van der Waals surface area contributed by atoms with E-state index in [2.05, 4.69) is 515 Å². The molecule has 22 heteroatoms. The average molecular weight is 2050 g/mol. The minimum Gasteiger partial charge on any atom is -0.412 e. The van der Waals surface area contributed by atoms with Crippen molar-refractivity contribution in [3.63, 3.8) is 0 Å². The quantitative estimate of drug-likeness (QED) is 0.0515. The Kier molecular flexibility index (Phi) is 46.7. The van der Waals surface area contributed by atoms with Gasteiger partial charge in [0.05, 0.1) is 66.1 Å². The molecule has 138 heavy (non-hydrogen) atoms. The standard InChI is InChI=1S/C116H190N2O10Si10/c1-107(2,3)129(35,36)119-83-95(63-55-57-65-97(85-121-131(39,40)109(7,8)9)99(87-123-133(43,44)111(13,14)15)67-59-61-69-101(89-125-135(47,48)113(19,20)21)103(91-127-137(51,52)115(25,26)27)77-71-93-73-79-105(80-74-93)117(31)32)96(84-120-130(37,38)108(4,5)6)64-56-58-66-98(86-122-132(41,42)110(10,11)12)100(88-124-134(45,46)112(16,17)18)68-60-62-70-102(90-126-136(49,50)114(22,23)24)104(92-128-138(53,54)116(28,29)30)78-72-94-75-81-106(82-76-94)118(33)34/h73-76,79-82H,83-92H2,1-54H3/b96-95+,99-97+,100-98+,103-101+,104-102+. The fourth-order valence-electron chi connectivity index (χ4n) is 9.51. The van der Waals surface area contributed by atoms with Crippen molar-refractivity contribution in [2.24, 2.45) is 0 Å². The molecule has 0 saturated carbocycles. The third-order valence-electron chi connectivity index (χ3n) is 31.1. The molecule has 0 spiro atoms. The summed E-state index contributed by atoms with van der Waals surface area (Å²) in [5.74, 6) is 69.7. The highest BCUT2D eigenvalue weighted by Gasteiger charge is 2.46. The van der Waals surface area contributed by atoms with Crippen LogP contribution in [0, 0.1) is 118 Å². The zero-order chi connectivity index (χ0) is 107. The smallest absolute Gasteiger partial charge is 0.192 e. The molecular weight excluding hydrogens is 1860 g/mol. The number of rotatable bonds is 32. The summed E-state index contributed by atoms with van der Waals surface area (Å²) in [6.45, 7) is 115. The Labute approximate surface area is 859 Å². The molecule has 0 bridgehead atoms. The minimum atomic E-state index is -2.47. The van der Waals surface area contributed by atoms with Gasteiger partial charge in [0.15, 0.2) is 83.2 Å². The maximum Gasteiger partial charge on any atom is 0.192 e. The molecule has 0 aromatic heterocycles. The minimum absolute atomic E-state index is 0.0582. The molecule has 2 rings (SSSR count). The van der Waals surface area contributed by atoms with Gasteiger partial charge in [-0.15, -0.1) is 0 Å². The molecule has 0 aliphatic rings. The van der Waals surface area contributed by atoms with Crippen LogP contribution in [0.15, 0.2) is 104 Å². The Morgan fingerprint density at radius 3 is 0.377 bits per heavy atom. The number of nitrogens with zero attached hydrogens (tertiary/aromatic N) is 2. The first-order valence-electron chi connectivity index (χ1n) is 49.6. The van der Waals surface area contributed by atoms with Crippen molar-refractivity contribution in [1.82, 2.24) is 0 Å². The Morgan fingerprint density at radius 1 is 0.181 bits per heavy atom. The summed E-state index contributed by atoms with van der Waals surface area (Å²) in [7, 11) is -15.8. The molecule has 2 aromatic carbocycles. The van der Waals surface area contributed by atoms with E-state index in [0.29, 0.717) is 33.4 Å². The van der Waals surface area contributed by atoms with E-state index in [1.165, 1.54) is 0 Å². The van der Waals surface area contributed by atoms with Crippen LogP contribution in [-0.2, 0) is 44.3 Å². The van der Waals surface area contributed by atoms with Gasteiger partial charge in [0, 0.05) is 106 Å². The van der Waals surface area contributed by atoms with Crippen LogP contribution in [0.25, 0.3) is 0 Å². The van der Waals surface area contributed by atoms with Gasteiger partial charge >= 0.3 is 0 Å². The van der Waals surface area contributed by atoms with Gasteiger partial charge in [-0.1, -0.05) is 279 Å². The van der Waals surface area contributed by atoms with Gasteiger partial charge in [0.2, 0.25) is 0 Å². The molecular formula is C116H190N2O10Si10. The summed E-state index contributed by atoms with van der Waals surface area (Å²) in [5.41, 5.74) is 10.9. The van der Waals surface area contributed by atoms with Crippen LogP contribution in [0.3, 0.4) is 0 Å². The van der Waals surface area contributed by atoms with E-state index in [9.17, 15) is 0 Å². The van der Waals surface area contributed by atoms with E-state index in [4.69, 9.17) is 44.3 Å². The van der Waals surface area contributed by atoms with Crippen LogP contribution in [0.2, 0.25) is 181 Å². The number of hydrogen-bond donors (Lipinski definition) is 0. The molecule has 0 atom stereocenters. The van der Waals surface area contributed by atoms with E-state index < -0.39 is 83.2 Å². The maximum atomic E-state index is 7.22. The second-order valence-corrected chi connectivity index (χ2v) is 101. The van der Waals surface area contributed by atoms with Crippen molar-refractivity contribution >= 4 is 94.5 Å². The van der Waals surface area contributed by atoms with Crippen LogP contribution in [0.5, 0.6) is 0 Å². The van der Waals surface area contributed by atoms with E-state index in [1.54, 1.807) is 0 Å². The van der Waals surface area contributed by atoms with Crippen molar-refractivity contribution in [3.8, 4) is 118 Å². The topological polar surface area (TPSA) is 98.8 Å². The SMILES string of the molecule is CN(C)c1ccc(C#C/C(CO[Si](C)(C)C(C)(C)C)=C(/C#CC#C/C(CO[Si](C)(C)C(C)(C)C)=C(/C#CC#C/C(CO[Si](C)(C)C(C)(C)C)=C(/C#CC#C/C(CO[Si](C)(C)C(C)(C)C)=C(/C#CC#C/C(CO[Si](C)(C)C(C)(C)C)=C(/C#Cc2ccc(N(C)C)cc2)CO[Si](C)(C)C(C)(C)C)CO[Si](C)(C)C(C)(C)C)CO[Si](C)(C)C(C)(C)C)CO[Si](C)(C)C(C)(C)C)CO[Si](C)(C)C(C)(C)C)cc1. The molecule has 2 aromatic rings. The summed E-state index contributed by atoms with van der Waals surface area (Å²) in [5, 5.41) is -1.07. The predicted octanol–water partition coefficient (Wildman–Crippen LogP) is 30.0. The second kappa shape index (κ2) is 50.3. The fourth-order valence-corrected chi connectivity index (χ4v) is 18.9. The molecule has 0 aliphatic heterocycles. The van der Waals surface area contributed by atoms with Crippen LogP contribution in [-0.4, -0.2) is 177 Å². The maximum absolute atomic E-state index is 7.22. The van der Waals surface area contributed by atoms with Crippen LogP contribution < -0.4 is 9.80 Å². The predicted molar refractivity (Wildman–Crippen MR) is 624 cm³/mol. The Balaban J connectivity index is 3.86. The Hall–Kier alpha value is -5.89. The first-order valence-corrected chi connectivity index (χ1v) is 78.7. The lowest BCUT2D eigenvalue weighted by atomic mass is 10.1. The monoisotopic (exact) mass is 2050 g/mol. The third kappa shape index (κ3) is 41.0. The lowest BCUT2D eigenvalue weighted by molar-refractivity contribution is 0.308. The highest BCUT2D eigenvalue weighted by molar-refractivity contribution is 6.78. The van der Waals surface area contributed by atoms with E-state index in [1.807, 2.05) is 28.2 Å². The Morgan fingerprint density at radius 2 is 0.283 bits per heavy atom. The van der Waals surface area contributed by atoms with E-state index in [-0.39, 0.29) is 116 Å². The molecule has 764 valence electrons. The van der Waals surface area contributed by atoms with Gasteiger partial charge < -0.3 is 54.1 Å². The zero-order valence-electron chi connectivity index (χ0n) is 97.7. The highest BCUT2D eigenvalue weighted by atomic mass is 28.4. The van der Waals surface area contributed by atoms with Gasteiger partial charge in [-0.25, -0.2) is 0 Å². The largest absolute Gasteiger partial charge is 0.412 e. The highest BCUT2D eigenvalue weighted by Crippen LogP contribution is 2.46. The number of benzene rings is 2. The molecule has 0 unspecified atom stereocenters. The molecule has 0 aliphatic carbocycles. The second-order valence-electron chi connectivity index (χ2n) is 52.7. The summed E-state index contributed by atoms with van der Waals surface area (Å²) < 4.78 is 71.4. The van der Waals surface area contributed by atoms with Crippen molar-refractivity contribution in [1.29, 1.82) is 0 Å². The zero-order valence-corrected chi connectivity index (χ0v) is 108. The normalized spacial score (nSPS) is 14.3. The molecule has 0 N–H and O–H groups in total.